The van der Waals surface area contributed by atoms with Gasteiger partial charge in [-0.15, -0.1) is 0 Å². The highest BCUT2D eigenvalue weighted by atomic mass is 32.2. The molecule has 1 aliphatic heterocycles. The predicted octanol–water partition coefficient (Wildman–Crippen LogP) is 2.20. The molecule has 1 aromatic rings. The third kappa shape index (κ3) is 5.34. The van der Waals surface area contributed by atoms with Crippen LogP contribution < -0.4 is 10.6 Å². The normalized spacial score (nSPS) is 15.4. The minimum Gasteiger partial charge on any atom is -0.464 e. The monoisotopic (exact) mass is 313 g/mol. The van der Waals surface area contributed by atoms with Crippen LogP contribution in [0.3, 0.4) is 0 Å². The van der Waals surface area contributed by atoms with Crippen LogP contribution in [0.1, 0.15) is 24.4 Å². The van der Waals surface area contributed by atoms with E-state index in [2.05, 4.69) is 27.7 Å². The summed E-state index contributed by atoms with van der Waals surface area (Å²) in [5, 5.41) is 6.74. The molecule has 0 aromatic carbocycles. The van der Waals surface area contributed by atoms with Gasteiger partial charge in [0.2, 0.25) is 0 Å². The first-order valence-corrected chi connectivity index (χ1v) is 8.67. The van der Waals surface area contributed by atoms with Crippen LogP contribution in [0.2, 0.25) is 0 Å². The van der Waals surface area contributed by atoms with Crippen LogP contribution in [0.25, 0.3) is 0 Å². The molecular weight excluding hydrogens is 290 g/mol. The summed E-state index contributed by atoms with van der Waals surface area (Å²) < 4.78 is 5.87. The molecule has 0 radical (unpaired) electrons. The Labute approximate surface area is 130 Å². The molecule has 1 aliphatic rings. The molecule has 1 saturated heterocycles. The van der Waals surface area contributed by atoms with Crippen LogP contribution in [-0.4, -0.2) is 42.4 Å². The van der Waals surface area contributed by atoms with E-state index in [4.69, 9.17) is 16.6 Å². The van der Waals surface area contributed by atoms with Gasteiger partial charge in [0.05, 0.1) is 12.3 Å². The first-order chi connectivity index (χ1) is 9.78. The molecule has 0 amide bonds. The van der Waals surface area contributed by atoms with Crippen molar-refractivity contribution in [2.24, 2.45) is 0 Å². The van der Waals surface area contributed by atoms with Gasteiger partial charge in [0.15, 0.2) is 5.11 Å². The van der Waals surface area contributed by atoms with E-state index in [1.165, 1.54) is 25.9 Å². The van der Waals surface area contributed by atoms with E-state index in [0.29, 0.717) is 5.11 Å². The molecule has 2 heterocycles. The number of hydrogen-bond acceptors (Lipinski definition) is 4. The third-order valence-electron chi connectivity index (χ3n) is 3.30. The fourth-order valence-corrected chi connectivity index (χ4v) is 3.09. The Morgan fingerprint density at radius 3 is 2.85 bits per heavy atom. The summed E-state index contributed by atoms with van der Waals surface area (Å²) in [6.07, 6.45) is 2.65. The van der Waals surface area contributed by atoms with E-state index >= 15 is 0 Å². The van der Waals surface area contributed by atoms with E-state index in [-0.39, 0.29) is 0 Å². The second kappa shape index (κ2) is 8.54. The van der Waals surface area contributed by atoms with Crippen LogP contribution in [0.15, 0.2) is 16.5 Å². The lowest BCUT2D eigenvalue weighted by molar-refractivity contribution is 0.294. The second-order valence-corrected chi connectivity index (χ2v) is 6.42. The summed E-state index contributed by atoms with van der Waals surface area (Å²) in [6, 6.07) is 4.21. The average molecular weight is 313 g/mol. The standard InChI is InChI=1S/C14H23N3OS2/c1-15-14(19)16-6-9-20-11-13-5-4-12(18-13)10-17-7-2-3-8-17/h4-5H,2-3,6-11H2,1H3,(H2,15,16,19). The first-order valence-electron chi connectivity index (χ1n) is 7.11. The van der Waals surface area contributed by atoms with Crippen molar-refractivity contribution < 1.29 is 4.42 Å². The van der Waals surface area contributed by atoms with Crippen LogP contribution in [0, 0.1) is 0 Å². The van der Waals surface area contributed by atoms with Gasteiger partial charge in [0, 0.05) is 19.3 Å². The molecule has 0 saturated carbocycles. The zero-order valence-corrected chi connectivity index (χ0v) is 13.6. The number of rotatable bonds is 7. The van der Waals surface area contributed by atoms with E-state index < -0.39 is 0 Å². The zero-order chi connectivity index (χ0) is 14.2. The fraction of sp³-hybridized carbons (Fsp3) is 0.643. The average Bonchev–Trinajstić information content (AvgIpc) is 3.10. The van der Waals surface area contributed by atoms with Gasteiger partial charge in [-0.05, 0) is 50.3 Å². The molecule has 1 aromatic heterocycles. The highest BCUT2D eigenvalue weighted by Gasteiger charge is 2.13. The molecule has 2 rings (SSSR count). The number of thiocarbonyl (C=S) groups is 1. The van der Waals surface area contributed by atoms with E-state index in [1.807, 2.05) is 18.8 Å². The maximum atomic E-state index is 5.87. The molecule has 6 heteroatoms. The first kappa shape index (κ1) is 15.7. The molecule has 4 nitrogen and oxygen atoms in total. The molecule has 2 N–H and O–H groups in total. The second-order valence-electron chi connectivity index (χ2n) is 4.91. The van der Waals surface area contributed by atoms with Crippen molar-refractivity contribution in [1.82, 2.24) is 15.5 Å². The molecule has 0 bridgehead atoms. The van der Waals surface area contributed by atoms with E-state index in [1.54, 1.807) is 0 Å². The molecule has 0 aliphatic carbocycles. The van der Waals surface area contributed by atoms with Gasteiger partial charge in [-0.25, -0.2) is 0 Å². The van der Waals surface area contributed by atoms with Gasteiger partial charge in [-0.3, -0.25) is 4.90 Å². The molecule has 20 heavy (non-hydrogen) atoms. The Balaban J connectivity index is 1.61. The van der Waals surface area contributed by atoms with Crippen molar-refractivity contribution in [2.45, 2.75) is 25.1 Å². The van der Waals surface area contributed by atoms with Crippen LogP contribution in [-0.2, 0) is 12.3 Å². The lowest BCUT2D eigenvalue weighted by Gasteiger charge is -2.11. The lowest BCUT2D eigenvalue weighted by Crippen LogP contribution is -2.33. The van der Waals surface area contributed by atoms with Gasteiger partial charge in [-0.1, -0.05) is 0 Å². The summed E-state index contributed by atoms with van der Waals surface area (Å²) >= 11 is 6.87. The smallest absolute Gasteiger partial charge is 0.166 e. The quantitative estimate of drug-likeness (QED) is 0.594. The van der Waals surface area contributed by atoms with Crippen molar-refractivity contribution in [2.75, 3.05) is 32.4 Å². The number of furan rings is 1. The van der Waals surface area contributed by atoms with Crippen molar-refractivity contribution in [3.63, 3.8) is 0 Å². The van der Waals surface area contributed by atoms with Crippen LogP contribution in [0.5, 0.6) is 0 Å². The number of thioether (sulfide) groups is 1. The molecular formula is C14H23N3OS2. The van der Waals surface area contributed by atoms with Gasteiger partial charge >= 0.3 is 0 Å². The Bertz CT molecular complexity index is 416. The van der Waals surface area contributed by atoms with Gasteiger partial charge < -0.3 is 15.1 Å². The van der Waals surface area contributed by atoms with Crippen molar-refractivity contribution in [1.29, 1.82) is 0 Å². The summed E-state index contributed by atoms with van der Waals surface area (Å²) in [6.45, 7) is 4.26. The third-order valence-corrected chi connectivity index (χ3v) is 4.63. The molecule has 112 valence electrons. The summed E-state index contributed by atoms with van der Waals surface area (Å²) in [4.78, 5) is 2.46. The van der Waals surface area contributed by atoms with Crippen LogP contribution in [0.4, 0.5) is 0 Å². The number of hydrogen-bond donors (Lipinski definition) is 2. The molecule has 0 spiro atoms. The lowest BCUT2D eigenvalue weighted by atomic mass is 10.4. The van der Waals surface area contributed by atoms with Crippen molar-refractivity contribution >= 4 is 29.1 Å². The number of nitrogens with one attached hydrogen (secondary N) is 2. The Hall–Kier alpha value is -0.720. The maximum absolute atomic E-state index is 5.87. The Kier molecular flexibility index (Phi) is 6.69. The molecule has 0 atom stereocenters. The van der Waals surface area contributed by atoms with Crippen molar-refractivity contribution in [3.05, 3.63) is 23.7 Å². The topological polar surface area (TPSA) is 40.4 Å². The number of likely N-dealkylation sites (tertiary alicyclic amines) is 1. The van der Waals surface area contributed by atoms with E-state index in [0.717, 1.165) is 36.1 Å². The SMILES string of the molecule is CNC(=S)NCCSCc1ccc(CN2CCCC2)o1. The minimum absolute atomic E-state index is 0.705. The van der Waals surface area contributed by atoms with Crippen LogP contribution >= 0.6 is 24.0 Å². The summed E-state index contributed by atoms with van der Waals surface area (Å²) in [5.74, 6) is 4.11. The highest BCUT2D eigenvalue weighted by molar-refractivity contribution is 7.98. The molecule has 0 unspecified atom stereocenters. The minimum atomic E-state index is 0.705. The van der Waals surface area contributed by atoms with Gasteiger partial charge in [0.1, 0.15) is 11.5 Å². The van der Waals surface area contributed by atoms with E-state index in [9.17, 15) is 0 Å². The maximum Gasteiger partial charge on any atom is 0.166 e. The fourth-order valence-electron chi connectivity index (χ4n) is 2.24. The Morgan fingerprint density at radius 2 is 2.10 bits per heavy atom. The largest absolute Gasteiger partial charge is 0.464 e. The highest BCUT2D eigenvalue weighted by Crippen LogP contribution is 2.18. The van der Waals surface area contributed by atoms with Gasteiger partial charge in [-0.2, -0.15) is 11.8 Å². The zero-order valence-electron chi connectivity index (χ0n) is 12.0. The van der Waals surface area contributed by atoms with Gasteiger partial charge in [0.25, 0.3) is 0 Å². The summed E-state index contributed by atoms with van der Waals surface area (Å²) in [5.41, 5.74) is 0. The number of nitrogens with zero attached hydrogens (tertiary/aromatic N) is 1. The van der Waals surface area contributed by atoms with Crippen molar-refractivity contribution in [3.8, 4) is 0 Å². The molecule has 1 fully saturated rings. The summed E-state index contributed by atoms with van der Waals surface area (Å²) in [7, 11) is 1.83. The Morgan fingerprint density at radius 1 is 1.35 bits per heavy atom. The predicted molar refractivity (Wildman–Crippen MR) is 89.0 cm³/mol.